The summed E-state index contributed by atoms with van der Waals surface area (Å²) in [5, 5.41) is 13.3. The Labute approximate surface area is 87.8 Å². The van der Waals surface area contributed by atoms with E-state index in [0.717, 1.165) is 17.8 Å². The third-order valence-electron chi connectivity index (χ3n) is 2.24. The highest BCUT2D eigenvalue weighted by Crippen LogP contribution is 2.18. The summed E-state index contributed by atoms with van der Waals surface area (Å²) in [6.45, 7) is 3.83. The van der Waals surface area contributed by atoms with Crippen molar-refractivity contribution in [1.82, 2.24) is 10.2 Å². The number of hydrogen-bond acceptors (Lipinski definition) is 4. The second-order valence-corrected chi connectivity index (χ2v) is 3.44. The fourth-order valence-electron chi connectivity index (χ4n) is 1.36. The van der Waals surface area contributed by atoms with E-state index in [2.05, 4.69) is 15.3 Å². The number of aryl methyl sites for hydroxylation is 1. The van der Waals surface area contributed by atoms with Crippen molar-refractivity contribution in [2.24, 2.45) is 5.10 Å². The monoisotopic (exact) mass is 204 g/mol. The number of hydrogen-bond donors (Lipinski definition) is 0. The van der Waals surface area contributed by atoms with Crippen molar-refractivity contribution >= 4 is 17.4 Å². The van der Waals surface area contributed by atoms with Gasteiger partial charge in [-0.3, -0.25) is 4.79 Å². The lowest BCUT2D eigenvalue weighted by Gasteiger charge is -2.08. The van der Waals surface area contributed by atoms with E-state index in [-0.39, 0.29) is 5.91 Å². The first-order valence-electron chi connectivity index (χ1n) is 4.90. The van der Waals surface area contributed by atoms with E-state index in [9.17, 15) is 4.79 Å². The Hall–Kier alpha value is -1.78. The topological polar surface area (TPSA) is 58.5 Å². The molecular weight excluding hydrogens is 192 g/mol. The molecule has 0 aliphatic carbocycles. The second kappa shape index (κ2) is 3.76. The van der Waals surface area contributed by atoms with E-state index in [0.29, 0.717) is 12.2 Å². The summed E-state index contributed by atoms with van der Waals surface area (Å²) in [7, 11) is 0. The summed E-state index contributed by atoms with van der Waals surface area (Å²) in [5.74, 6) is 0.457. The van der Waals surface area contributed by atoms with E-state index in [4.69, 9.17) is 0 Å². The molecule has 15 heavy (non-hydrogen) atoms. The van der Waals surface area contributed by atoms with Crippen LogP contribution in [0.1, 0.15) is 25.5 Å². The standard InChI is InChI=1S/C10H12N4O/c1-3-8-6-10(15)14(13-8)9-5-4-7(2)11-12-9/h4-5H,3,6H2,1-2H3. The molecule has 1 aromatic heterocycles. The van der Waals surface area contributed by atoms with Crippen molar-refractivity contribution < 1.29 is 4.79 Å². The first-order chi connectivity index (χ1) is 7.20. The van der Waals surface area contributed by atoms with Crippen molar-refractivity contribution in [1.29, 1.82) is 0 Å². The highest BCUT2D eigenvalue weighted by molar-refractivity contribution is 6.12. The minimum absolute atomic E-state index is 0.0370. The molecule has 2 rings (SSSR count). The van der Waals surface area contributed by atoms with E-state index in [1.54, 1.807) is 6.07 Å². The van der Waals surface area contributed by atoms with Gasteiger partial charge in [-0.15, -0.1) is 5.10 Å². The van der Waals surface area contributed by atoms with E-state index in [1.165, 1.54) is 5.01 Å². The molecule has 0 fully saturated rings. The molecule has 0 saturated heterocycles. The molecule has 2 heterocycles. The molecule has 0 spiro atoms. The van der Waals surface area contributed by atoms with Crippen molar-refractivity contribution in [2.75, 3.05) is 5.01 Å². The Kier molecular flexibility index (Phi) is 2.45. The molecule has 5 heteroatoms. The van der Waals surface area contributed by atoms with E-state index < -0.39 is 0 Å². The summed E-state index contributed by atoms with van der Waals surface area (Å²) in [4.78, 5) is 11.6. The largest absolute Gasteiger partial charge is 0.272 e. The van der Waals surface area contributed by atoms with E-state index >= 15 is 0 Å². The SMILES string of the molecule is CCC1=NN(c2ccc(C)nn2)C(=O)C1. The number of hydrazone groups is 1. The lowest BCUT2D eigenvalue weighted by molar-refractivity contribution is -0.116. The molecule has 5 nitrogen and oxygen atoms in total. The van der Waals surface area contributed by atoms with Gasteiger partial charge >= 0.3 is 0 Å². The molecule has 0 saturated carbocycles. The maximum Gasteiger partial charge on any atom is 0.254 e. The number of nitrogens with zero attached hydrogens (tertiary/aromatic N) is 4. The fourth-order valence-corrected chi connectivity index (χ4v) is 1.36. The van der Waals surface area contributed by atoms with Crippen LogP contribution in [0.25, 0.3) is 0 Å². The first-order valence-corrected chi connectivity index (χ1v) is 4.90. The first kappa shape index (κ1) is 9.76. The maximum atomic E-state index is 11.6. The molecule has 1 aromatic rings. The van der Waals surface area contributed by atoms with Gasteiger partial charge in [0, 0.05) is 5.71 Å². The lowest BCUT2D eigenvalue weighted by Crippen LogP contribution is -2.21. The van der Waals surface area contributed by atoms with Gasteiger partial charge in [-0.2, -0.15) is 15.2 Å². The van der Waals surface area contributed by atoms with Crippen LogP contribution in [0.2, 0.25) is 0 Å². The Bertz CT molecular complexity index is 410. The minimum Gasteiger partial charge on any atom is -0.272 e. The molecule has 1 aliphatic heterocycles. The number of rotatable bonds is 2. The Morgan fingerprint density at radius 3 is 2.73 bits per heavy atom. The predicted molar refractivity (Wildman–Crippen MR) is 56.6 cm³/mol. The van der Waals surface area contributed by atoms with Gasteiger partial charge in [-0.1, -0.05) is 6.92 Å². The number of aromatic nitrogens is 2. The fraction of sp³-hybridized carbons (Fsp3) is 0.400. The van der Waals surface area contributed by atoms with Gasteiger partial charge < -0.3 is 0 Å². The van der Waals surface area contributed by atoms with Gasteiger partial charge in [0.25, 0.3) is 5.91 Å². The average Bonchev–Trinajstić information content (AvgIpc) is 2.61. The molecule has 0 bridgehead atoms. The van der Waals surface area contributed by atoms with Crippen LogP contribution in [0, 0.1) is 6.92 Å². The van der Waals surface area contributed by atoms with Crippen LogP contribution in [0.4, 0.5) is 5.82 Å². The Morgan fingerprint density at radius 2 is 2.20 bits per heavy atom. The zero-order chi connectivity index (χ0) is 10.8. The number of carbonyl (C=O) groups is 1. The quantitative estimate of drug-likeness (QED) is 0.729. The molecule has 0 aromatic carbocycles. The summed E-state index contributed by atoms with van der Waals surface area (Å²) in [6, 6.07) is 3.57. The van der Waals surface area contributed by atoms with Crippen molar-refractivity contribution in [3.05, 3.63) is 17.8 Å². The van der Waals surface area contributed by atoms with Crippen molar-refractivity contribution in [3.63, 3.8) is 0 Å². The van der Waals surface area contributed by atoms with Gasteiger partial charge in [0.05, 0.1) is 12.1 Å². The second-order valence-electron chi connectivity index (χ2n) is 3.44. The zero-order valence-corrected chi connectivity index (χ0v) is 8.77. The van der Waals surface area contributed by atoms with Crippen LogP contribution in [0.5, 0.6) is 0 Å². The molecule has 0 radical (unpaired) electrons. The molecular formula is C10H12N4O. The summed E-state index contributed by atoms with van der Waals surface area (Å²) in [5.41, 5.74) is 1.72. The number of carbonyl (C=O) groups excluding carboxylic acids is 1. The zero-order valence-electron chi connectivity index (χ0n) is 8.77. The van der Waals surface area contributed by atoms with Crippen LogP contribution >= 0.6 is 0 Å². The molecule has 1 amide bonds. The minimum atomic E-state index is -0.0370. The van der Waals surface area contributed by atoms with Gasteiger partial charge in [0.1, 0.15) is 0 Å². The highest BCUT2D eigenvalue weighted by atomic mass is 16.2. The van der Waals surface area contributed by atoms with Gasteiger partial charge in [0.2, 0.25) is 0 Å². The molecule has 78 valence electrons. The third-order valence-corrected chi connectivity index (χ3v) is 2.24. The van der Waals surface area contributed by atoms with Gasteiger partial charge in [-0.05, 0) is 25.5 Å². The summed E-state index contributed by atoms with van der Waals surface area (Å²) >= 11 is 0. The van der Waals surface area contributed by atoms with E-state index in [1.807, 2.05) is 19.9 Å². The Morgan fingerprint density at radius 1 is 1.40 bits per heavy atom. The number of anilines is 1. The predicted octanol–water partition coefficient (Wildman–Crippen LogP) is 1.29. The maximum absolute atomic E-state index is 11.6. The highest BCUT2D eigenvalue weighted by Gasteiger charge is 2.25. The smallest absolute Gasteiger partial charge is 0.254 e. The lowest BCUT2D eigenvalue weighted by atomic mass is 10.2. The molecule has 1 aliphatic rings. The summed E-state index contributed by atoms with van der Waals surface area (Å²) < 4.78 is 0. The molecule has 0 atom stereocenters. The molecule has 0 unspecified atom stereocenters. The normalized spacial score (nSPS) is 15.7. The van der Waals surface area contributed by atoms with Gasteiger partial charge in [-0.25, -0.2) is 0 Å². The van der Waals surface area contributed by atoms with Gasteiger partial charge in [0.15, 0.2) is 5.82 Å². The van der Waals surface area contributed by atoms with Crippen LogP contribution in [0.3, 0.4) is 0 Å². The van der Waals surface area contributed by atoms with Crippen LogP contribution in [0.15, 0.2) is 17.2 Å². The third kappa shape index (κ3) is 1.86. The molecule has 0 N–H and O–H groups in total. The Balaban J connectivity index is 2.28. The van der Waals surface area contributed by atoms with Crippen LogP contribution in [-0.4, -0.2) is 21.8 Å². The average molecular weight is 204 g/mol. The van der Waals surface area contributed by atoms with Crippen LogP contribution < -0.4 is 5.01 Å². The summed E-state index contributed by atoms with van der Waals surface area (Å²) in [6.07, 6.45) is 1.19. The van der Waals surface area contributed by atoms with Crippen LogP contribution in [-0.2, 0) is 4.79 Å². The number of amides is 1. The van der Waals surface area contributed by atoms with Crippen molar-refractivity contribution in [3.8, 4) is 0 Å². The van der Waals surface area contributed by atoms with Crippen molar-refractivity contribution in [2.45, 2.75) is 26.7 Å².